The number of hydrogen-bond acceptors (Lipinski definition) is 4. The molecule has 1 aliphatic heterocycles. The van der Waals surface area contributed by atoms with Gasteiger partial charge in [-0.25, -0.2) is 4.79 Å². The molecule has 0 unspecified atom stereocenters. The highest BCUT2D eigenvalue weighted by Crippen LogP contribution is 2.28. The number of aryl methyl sites for hydroxylation is 2. The Morgan fingerprint density at radius 3 is 2.87 bits per heavy atom. The van der Waals surface area contributed by atoms with Crippen LogP contribution in [0, 0.1) is 13.8 Å². The molecule has 23 heavy (non-hydrogen) atoms. The molecule has 1 aromatic heterocycles. The Labute approximate surface area is 139 Å². The second-order valence-corrected chi connectivity index (χ2v) is 5.86. The topological polar surface area (TPSA) is 67.6 Å². The van der Waals surface area contributed by atoms with E-state index in [1.807, 2.05) is 24.3 Å². The van der Waals surface area contributed by atoms with Crippen molar-refractivity contribution in [3.8, 4) is 0 Å². The number of anilines is 1. The first-order chi connectivity index (χ1) is 11.1. The summed E-state index contributed by atoms with van der Waals surface area (Å²) >= 11 is 6.22. The maximum atomic E-state index is 12.5. The van der Waals surface area contributed by atoms with Crippen molar-refractivity contribution >= 4 is 23.3 Å². The highest BCUT2D eigenvalue weighted by Gasteiger charge is 2.27. The average Bonchev–Trinajstić information content (AvgIpc) is 2.87. The first-order valence-electron chi connectivity index (χ1n) is 7.41. The highest BCUT2D eigenvalue weighted by molar-refractivity contribution is 6.31. The molecule has 6 nitrogen and oxygen atoms in total. The fourth-order valence-corrected chi connectivity index (χ4v) is 2.86. The molecule has 2 heterocycles. The molecule has 1 atom stereocenters. The van der Waals surface area contributed by atoms with Crippen LogP contribution in [0.4, 0.5) is 10.5 Å². The molecule has 7 heteroatoms. The van der Waals surface area contributed by atoms with Gasteiger partial charge in [0.25, 0.3) is 0 Å². The number of urea groups is 1. The van der Waals surface area contributed by atoms with Crippen molar-refractivity contribution in [2.75, 3.05) is 25.0 Å². The Hall–Kier alpha value is -2.05. The van der Waals surface area contributed by atoms with Gasteiger partial charge in [0.2, 0.25) is 0 Å². The summed E-state index contributed by atoms with van der Waals surface area (Å²) in [5.41, 5.74) is 2.17. The molecule has 2 aromatic rings. The number of carbonyl (C=O) groups is 1. The molecule has 0 aliphatic carbocycles. The third kappa shape index (κ3) is 3.33. The second-order valence-electron chi connectivity index (χ2n) is 5.46. The molecule has 0 saturated carbocycles. The number of amides is 2. The van der Waals surface area contributed by atoms with Crippen LogP contribution in [0.3, 0.4) is 0 Å². The van der Waals surface area contributed by atoms with Crippen molar-refractivity contribution in [2.24, 2.45) is 0 Å². The maximum absolute atomic E-state index is 12.5. The standard InChI is InChI=1S/C16H18ClN3O3/c1-10-15(11(2)23-19-10)18-16(21)20-7-8-22-14(9-20)12-5-3-4-6-13(12)17/h3-6,14H,7-9H2,1-2H3,(H,18,21)/t14-/m1/s1. The first-order valence-corrected chi connectivity index (χ1v) is 7.79. The third-order valence-corrected chi connectivity index (χ3v) is 4.22. The van der Waals surface area contributed by atoms with Crippen LogP contribution in [0.15, 0.2) is 28.8 Å². The van der Waals surface area contributed by atoms with Crippen molar-refractivity contribution < 1.29 is 14.1 Å². The Morgan fingerprint density at radius 1 is 1.39 bits per heavy atom. The summed E-state index contributed by atoms with van der Waals surface area (Å²) in [6.07, 6.45) is -0.229. The van der Waals surface area contributed by atoms with Crippen LogP contribution in [-0.4, -0.2) is 35.8 Å². The first kappa shape index (κ1) is 15.8. The molecule has 0 bridgehead atoms. The van der Waals surface area contributed by atoms with E-state index in [1.54, 1.807) is 18.7 Å². The van der Waals surface area contributed by atoms with Crippen LogP contribution in [0.1, 0.15) is 23.1 Å². The van der Waals surface area contributed by atoms with Gasteiger partial charge in [0.05, 0.1) is 13.2 Å². The second kappa shape index (κ2) is 6.60. The summed E-state index contributed by atoms with van der Waals surface area (Å²) in [5.74, 6) is 0.590. The lowest BCUT2D eigenvalue weighted by molar-refractivity contribution is -0.0134. The number of carbonyl (C=O) groups excluding carboxylic acids is 1. The van der Waals surface area contributed by atoms with Crippen LogP contribution >= 0.6 is 11.6 Å². The number of benzene rings is 1. The van der Waals surface area contributed by atoms with Gasteiger partial charge in [-0.05, 0) is 19.9 Å². The molecule has 3 rings (SSSR count). The molecule has 1 saturated heterocycles. The molecular weight excluding hydrogens is 318 g/mol. The lowest BCUT2D eigenvalue weighted by atomic mass is 10.1. The number of morpholine rings is 1. The number of nitrogens with one attached hydrogen (secondary N) is 1. The van der Waals surface area contributed by atoms with Crippen molar-refractivity contribution in [3.05, 3.63) is 46.3 Å². The Kier molecular flexibility index (Phi) is 4.54. The maximum Gasteiger partial charge on any atom is 0.322 e. The fourth-order valence-electron chi connectivity index (χ4n) is 2.61. The molecular formula is C16H18ClN3O3. The fraction of sp³-hybridized carbons (Fsp3) is 0.375. The SMILES string of the molecule is Cc1noc(C)c1NC(=O)N1CCO[C@@H](c2ccccc2Cl)C1. The lowest BCUT2D eigenvalue weighted by Gasteiger charge is -2.33. The molecule has 1 aromatic carbocycles. The monoisotopic (exact) mass is 335 g/mol. The molecule has 122 valence electrons. The van der Waals surface area contributed by atoms with E-state index in [4.69, 9.17) is 20.9 Å². The molecule has 0 spiro atoms. The highest BCUT2D eigenvalue weighted by atomic mass is 35.5. The number of rotatable bonds is 2. The van der Waals surface area contributed by atoms with Gasteiger partial charge in [0.15, 0.2) is 5.76 Å². The minimum Gasteiger partial charge on any atom is -0.370 e. The summed E-state index contributed by atoms with van der Waals surface area (Å²) in [6.45, 7) is 4.99. The van der Waals surface area contributed by atoms with Crippen LogP contribution < -0.4 is 5.32 Å². The van der Waals surface area contributed by atoms with Gasteiger partial charge in [0, 0.05) is 17.1 Å². The van der Waals surface area contributed by atoms with Crippen LogP contribution in [-0.2, 0) is 4.74 Å². The predicted molar refractivity (Wildman–Crippen MR) is 86.7 cm³/mol. The van der Waals surface area contributed by atoms with Gasteiger partial charge < -0.3 is 19.5 Å². The Bertz CT molecular complexity index is 697. The quantitative estimate of drug-likeness (QED) is 0.911. The third-order valence-electron chi connectivity index (χ3n) is 3.87. The van der Waals surface area contributed by atoms with E-state index in [0.717, 1.165) is 5.56 Å². The number of nitrogens with zero attached hydrogens (tertiary/aromatic N) is 2. The molecule has 1 aliphatic rings. The van der Waals surface area contributed by atoms with Gasteiger partial charge in [-0.2, -0.15) is 0 Å². The van der Waals surface area contributed by atoms with Gasteiger partial charge >= 0.3 is 6.03 Å². The lowest BCUT2D eigenvalue weighted by Crippen LogP contribution is -2.44. The summed E-state index contributed by atoms with van der Waals surface area (Å²) in [6, 6.07) is 7.33. The van der Waals surface area contributed by atoms with E-state index >= 15 is 0 Å². The van der Waals surface area contributed by atoms with Gasteiger partial charge in [-0.1, -0.05) is 35.0 Å². The molecule has 0 radical (unpaired) electrons. The minimum atomic E-state index is -0.229. The van der Waals surface area contributed by atoms with E-state index in [1.165, 1.54) is 0 Å². The molecule has 1 N–H and O–H groups in total. The summed E-state index contributed by atoms with van der Waals surface area (Å²) < 4.78 is 10.8. The van der Waals surface area contributed by atoms with E-state index in [9.17, 15) is 4.79 Å². The smallest absolute Gasteiger partial charge is 0.322 e. The zero-order chi connectivity index (χ0) is 16.4. The van der Waals surface area contributed by atoms with Crippen molar-refractivity contribution in [1.29, 1.82) is 0 Å². The predicted octanol–water partition coefficient (Wildman–Crippen LogP) is 3.55. The van der Waals surface area contributed by atoms with Gasteiger partial charge in [0.1, 0.15) is 17.5 Å². The van der Waals surface area contributed by atoms with Gasteiger partial charge in [-0.15, -0.1) is 0 Å². The van der Waals surface area contributed by atoms with E-state index < -0.39 is 0 Å². The normalized spacial score (nSPS) is 18.0. The van der Waals surface area contributed by atoms with E-state index in [-0.39, 0.29) is 12.1 Å². The Morgan fingerprint density at radius 2 is 2.17 bits per heavy atom. The summed E-state index contributed by atoms with van der Waals surface area (Å²) in [7, 11) is 0. The van der Waals surface area contributed by atoms with Crippen LogP contribution in [0.5, 0.6) is 0 Å². The van der Waals surface area contributed by atoms with Crippen molar-refractivity contribution in [3.63, 3.8) is 0 Å². The Balaban J connectivity index is 1.71. The molecule has 2 amide bonds. The number of aromatic nitrogens is 1. The number of ether oxygens (including phenoxy) is 1. The van der Waals surface area contributed by atoms with Gasteiger partial charge in [-0.3, -0.25) is 0 Å². The van der Waals surface area contributed by atoms with Crippen molar-refractivity contribution in [1.82, 2.24) is 10.1 Å². The molecule has 1 fully saturated rings. The largest absolute Gasteiger partial charge is 0.370 e. The van der Waals surface area contributed by atoms with E-state index in [2.05, 4.69) is 10.5 Å². The summed E-state index contributed by atoms with van der Waals surface area (Å²) in [4.78, 5) is 14.2. The van der Waals surface area contributed by atoms with E-state index in [0.29, 0.717) is 41.9 Å². The number of halogens is 1. The van der Waals surface area contributed by atoms with Crippen LogP contribution in [0.2, 0.25) is 5.02 Å². The zero-order valence-electron chi connectivity index (χ0n) is 13.0. The minimum absolute atomic E-state index is 0.195. The summed E-state index contributed by atoms with van der Waals surface area (Å²) in [5, 5.41) is 7.34. The zero-order valence-corrected chi connectivity index (χ0v) is 13.8. The average molecular weight is 336 g/mol. The van der Waals surface area contributed by atoms with Crippen molar-refractivity contribution in [2.45, 2.75) is 20.0 Å². The number of hydrogen-bond donors (Lipinski definition) is 1. The van der Waals surface area contributed by atoms with Crippen LogP contribution in [0.25, 0.3) is 0 Å².